The van der Waals surface area contributed by atoms with E-state index in [0.29, 0.717) is 13.2 Å². The van der Waals surface area contributed by atoms with Gasteiger partial charge in [-0.25, -0.2) is 0 Å². The molecule has 0 saturated carbocycles. The summed E-state index contributed by atoms with van der Waals surface area (Å²) in [7, 11) is 3.45. The second-order valence-corrected chi connectivity index (χ2v) is 3.80. The van der Waals surface area contributed by atoms with Gasteiger partial charge in [-0.05, 0) is 11.1 Å². The molecule has 0 aromatic heterocycles. The first-order valence-electron chi connectivity index (χ1n) is 5.93. The molecule has 4 nitrogen and oxygen atoms in total. The lowest BCUT2D eigenvalue weighted by molar-refractivity contribution is 0.184. The standard InChI is InChI=1S/C14H21N3O.HI/c1-4-9-16-14(15-2)17-10-12-7-5-6-8-13(12)11-18-3;/h4-8H,1,9-11H2,2-3H3,(H2,15,16,17);1H. The lowest BCUT2D eigenvalue weighted by Gasteiger charge is -2.13. The highest BCUT2D eigenvalue weighted by molar-refractivity contribution is 14.0. The molecular weight excluding hydrogens is 353 g/mol. The number of nitrogens with one attached hydrogen (secondary N) is 2. The number of benzene rings is 1. The first-order valence-corrected chi connectivity index (χ1v) is 5.93. The number of methoxy groups -OCH3 is 1. The van der Waals surface area contributed by atoms with Crippen molar-refractivity contribution >= 4 is 29.9 Å². The van der Waals surface area contributed by atoms with E-state index in [9.17, 15) is 0 Å². The summed E-state index contributed by atoms with van der Waals surface area (Å²) in [6, 6.07) is 8.20. The van der Waals surface area contributed by atoms with E-state index in [-0.39, 0.29) is 24.0 Å². The minimum Gasteiger partial charge on any atom is -0.380 e. The monoisotopic (exact) mass is 375 g/mol. The summed E-state index contributed by atoms with van der Waals surface area (Å²) in [6.45, 7) is 5.70. The molecule has 0 atom stereocenters. The lowest BCUT2D eigenvalue weighted by atomic mass is 10.1. The third-order valence-electron chi connectivity index (χ3n) is 2.50. The van der Waals surface area contributed by atoms with Crippen molar-refractivity contribution in [1.29, 1.82) is 0 Å². The van der Waals surface area contributed by atoms with Crippen LogP contribution in [0.15, 0.2) is 41.9 Å². The summed E-state index contributed by atoms with van der Waals surface area (Å²) >= 11 is 0. The highest BCUT2D eigenvalue weighted by Gasteiger charge is 2.02. The van der Waals surface area contributed by atoms with Crippen molar-refractivity contribution in [3.8, 4) is 0 Å². The number of guanidine groups is 1. The number of nitrogens with zero attached hydrogens (tertiary/aromatic N) is 1. The van der Waals surface area contributed by atoms with Crippen LogP contribution in [0.3, 0.4) is 0 Å². The molecule has 0 bridgehead atoms. The van der Waals surface area contributed by atoms with Crippen LogP contribution in [0.2, 0.25) is 0 Å². The van der Waals surface area contributed by atoms with Crippen molar-refractivity contribution in [3.05, 3.63) is 48.0 Å². The van der Waals surface area contributed by atoms with Crippen molar-refractivity contribution < 1.29 is 4.74 Å². The number of rotatable bonds is 6. The molecule has 0 aliphatic heterocycles. The second-order valence-electron chi connectivity index (χ2n) is 3.80. The first kappa shape index (κ1) is 17.9. The van der Waals surface area contributed by atoms with Gasteiger partial charge < -0.3 is 15.4 Å². The van der Waals surface area contributed by atoms with Gasteiger partial charge in [-0.2, -0.15) is 0 Å². The van der Waals surface area contributed by atoms with Gasteiger partial charge in [-0.3, -0.25) is 4.99 Å². The quantitative estimate of drug-likeness (QED) is 0.347. The molecule has 1 rings (SSSR count). The van der Waals surface area contributed by atoms with Crippen LogP contribution in [-0.2, 0) is 17.9 Å². The summed E-state index contributed by atoms with van der Waals surface area (Å²) in [6.07, 6.45) is 1.80. The zero-order valence-corrected chi connectivity index (χ0v) is 13.8. The number of halogens is 1. The van der Waals surface area contributed by atoms with Crippen LogP contribution >= 0.6 is 24.0 Å². The number of aliphatic imine (C=N–C) groups is 1. The zero-order chi connectivity index (χ0) is 13.2. The summed E-state index contributed by atoms with van der Waals surface area (Å²) in [5, 5.41) is 6.39. The van der Waals surface area contributed by atoms with Gasteiger partial charge in [0, 0.05) is 27.2 Å². The van der Waals surface area contributed by atoms with Gasteiger partial charge in [-0.15, -0.1) is 30.6 Å². The molecule has 106 valence electrons. The normalized spacial score (nSPS) is 10.5. The van der Waals surface area contributed by atoms with E-state index < -0.39 is 0 Å². The van der Waals surface area contributed by atoms with Crippen LogP contribution in [0.4, 0.5) is 0 Å². The Bertz CT molecular complexity index is 407. The Morgan fingerprint density at radius 1 is 1.32 bits per heavy atom. The molecule has 0 unspecified atom stereocenters. The van der Waals surface area contributed by atoms with Crippen molar-refractivity contribution in [2.24, 2.45) is 4.99 Å². The van der Waals surface area contributed by atoms with E-state index in [1.807, 2.05) is 12.1 Å². The van der Waals surface area contributed by atoms with E-state index >= 15 is 0 Å². The average molecular weight is 375 g/mol. The molecule has 0 spiro atoms. The van der Waals surface area contributed by atoms with Gasteiger partial charge in [0.25, 0.3) is 0 Å². The van der Waals surface area contributed by atoms with Crippen molar-refractivity contribution in [2.45, 2.75) is 13.2 Å². The highest BCUT2D eigenvalue weighted by atomic mass is 127. The Morgan fingerprint density at radius 3 is 2.58 bits per heavy atom. The molecule has 0 heterocycles. The van der Waals surface area contributed by atoms with Crippen molar-refractivity contribution in [3.63, 3.8) is 0 Å². The number of hydrogen-bond acceptors (Lipinski definition) is 2. The Kier molecular flexibility index (Phi) is 10.2. The smallest absolute Gasteiger partial charge is 0.191 e. The molecule has 0 aliphatic rings. The Morgan fingerprint density at radius 2 is 2.00 bits per heavy atom. The first-order chi connectivity index (χ1) is 8.81. The van der Waals surface area contributed by atoms with E-state index in [1.54, 1.807) is 20.2 Å². The molecule has 5 heteroatoms. The molecule has 0 saturated heterocycles. The van der Waals surface area contributed by atoms with Crippen LogP contribution in [0.25, 0.3) is 0 Å². The number of ether oxygens (including phenoxy) is 1. The van der Waals surface area contributed by atoms with E-state index in [4.69, 9.17) is 4.74 Å². The maximum absolute atomic E-state index is 5.18. The molecular formula is C14H22IN3O. The molecule has 2 N–H and O–H groups in total. The number of hydrogen-bond donors (Lipinski definition) is 2. The van der Waals surface area contributed by atoms with Crippen molar-refractivity contribution in [2.75, 3.05) is 20.7 Å². The maximum atomic E-state index is 5.18. The van der Waals surface area contributed by atoms with E-state index in [0.717, 1.165) is 12.5 Å². The highest BCUT2D eigenvalue weighted by Crippen LogP contribution is 2.09. The SMILES string of the molecule is C=CCNC(=NC)NCc1ccccc1COC.I. The second kappa shape index (κ2) is 10.8. The third-order valence-corrected chi connectivity index (χ3v) is 2.50. The van der Waals surface area contributed by atoms with E-state index in [1.165, 1.54) is 11.1 Å². The molecule has 0 fully saturated rings. The summed E-state index contributed by atoms with van der Waals surface area (Å²) in [5.74, 6) is 0.766. The fraction of sp³-hybridized carbons (Fsp3) is 0.357. The Balaban J connectivity index is 0.00000324. The predicted octanol–water partition coefficient (Wildman–Crippen LogP) is 2.30. The molecule has 0 aliphatic carbocycles. The maximum Gasteiger partial charge on any atom is 0.191 e. The van der Waals surface area contributed by atoms with Crippen molar-refractivity contribution in [1.82, 2.24) is 10.6 Å². The minimum absolute atomic E-state index is 0. The van der Waals surface area contributed by atoms with Crippen LogP contribution in [0.5, 0.6) is 0 Å². The van der Waals surface area contributed by atoms with Gasteiger partial charge in [0.15, 0.2) is 5.96 Å². The van der Waals surface area contributed by atoms with E-state index in [2.05, 4.69) is 34.3 Å². The van der Waals surface area contributed by atoms with Gasteiger partial charge >= 0.3 is 0 Å². The minimum atomic E-state index is 0. The third kappa shape index (κ3) is 6.58. The van der Waals surface area contributed by atoms with Gasteiger partial charge in [0.05, 0.1) is 6.61 Å². The summed E-state index contributed by atoms with van der Waals surface area (Å²) in [4.78, 5) is 4.13. The van der Waals surface area contributed by atoms with Crippen LogP contribution in [-0.4, -0.2) is 26.7 Å². The molecule has 0 radical (unpaired) electrons. The summed E-state index contributed by atoms with van der Waals surface area (Å²) < 4.78 is 5.18. The van der Waals surface area contributed by atoms with Gasteiger partial charge in [-0.1, -0.05) is 30.3 Å². The fourth-order valence-electron chi connectivity index (χ4n) is 1.59. The van der Waals surface area contributed by atoms with Gasteiger partial charge in [0.1, 0.15) is 0 Å². The van der Waals surface area contributed by atoms with Crippen LogP contribution < -0.4 is 10.6 Å². The Labute approximate surface area is 132 Å². The Hall–Kier alpha value is -1.08. The van der Waals surface area contributed by atoms with Gasteiger partial charge in [0.2, 0.25) is 0 Å². The molecule has 1 aromatic rings. The zero-order valence-electron chi connectivity index (χ0n) is 11.5. The van der Waals surface area contributed by atoms with Crippen LogP contribution in [0.1, 0.15) is 11.1 Å². The molecule has 0 amide bonds. The largest absolute Gasteiger partial charge is 0.380 e. The lowest BCUT2D eigenvalue weighted by Crippen LogP contribution is -2.36. The fourth-order valence-corrected chi connectivity index (χ4v) is 1.59. The summed E-state index contributed by atoms with van der Waals surface area (Å²) in [5.41, 5.74) is 2.40. The predicted molar refractivity (Wildman–Crippen MR) is 91.0 cm³/mol. The average Bonchev–Trinajstić information content (AvgIpc) is 2.41. The topological polar surface area (TPSA) is 45.7 Å². The van der Waals surface area contributed by atoms with Crippen LogP contribution in [0, 0.1) is 0 Å². The molecule has 1 aromatic carbocycles. The molecule has 19 heavy (non-hydrogen) atoms.